The number of nitrogens with zero attached hydrogens (tertiary/aromatic N) is 4. The molecule has 2 aromatic rings. The Morgan fingerprint density at radius 3 is 2.31 bits per heavy atom. The van der Waals surface area contributed by atoms with Crippen molar-refractivity contribution >= 4 is 0 Å². The van der Waals surface area contributed by atoms with Crippen LogP contribution in [0.2, 0.25) is 0 Å². The highest BCUT2D eigenvalue weighted by Gasteiger charge is 1.95. The van der Waals surface area contributed by atoms with Gasteiger partial charge in [-0.25, -0.2) is 0 Å². The third kappa shape index (κ3) is 2.05. The summed E-state index contributed by atoms with van der Waals surface area (Å²) in [4.78, 5) is 3.94. The second-order valence-electron chi connectivity index (χ2n) is 2.69. The van der Waals surface area contributed by atoms with Crippen molar-refractivity contribution in [1.82, 2.24) is 20.4 Å². The van der Waals surface area contributed by atoms with E-state index in [1.165, 1.54) is 5.56 Å². The highest BCUT2D eigenvalue weighted by molar-refractivity contribution is 5.19. The lowest BCUT2D eigenvalue weighted by molar-refractivity contribution is 0.844. The molecule has 0 fully saturated rings. The Labute approximate surface area is 75.7 Å². The van der Waals surface area contributed by atoms with Crippen molar-refractivity contribution in [2.75, 3.05) is 0 Å². The number of pyridine rings is 1. The summed E-state index contributed by atoms with van der Waals surface area (Å²) in [5.41, 5.74) is 2.26. The smallest absolute Gasteiger partial charge is 0.0565 e. The second kappa shape index (κ2) is 3.71. The first-order valence-corrected chi connectivity index (χ1v) is 3.96. The van der Waals surface area contributed by atoms with E-state index in [2.05, 4.69) is 20.4 Å². The number of hydrogen-bond acceptors (Lipinski definition) is 4. The van der Waals surface area contributed by atoms with E-state index >= 15 is 0 Å². The summed E-state index contributed by atoms with van der Waals surface area (Å²) >= 11 is 0. The molecule has 0 unspecified atom stereocenters. The van der Waals surface area contributed by atoms with Crippen LogP contribution in [0.5, 0.6) is 0 Å². The molecule has 0 bridgehead atoms. The van der Waals surface area contributed by atoms with E-state index in [1.807, 2.05) is 12.1 Å². The minimum absolute atomic E-state index is 0.824. The molecular weight excluding hydrogens is 164 g/mol. The highest BCUT2D eigenvalue weighted by atomic mass is 15.3. The molecule has 0 saturated heterocycles. The Balaban J connectivity index is 2.16. The molecule has 64 valence electrons. The van der Waals surface area contributed by atoms with Gasteiger partial charge in [0.05, 0.1) is 12.4 Å². The van der Waals surface area contributed by atoms with Gasteiger partial charge in [-0.2, -0.15) is 0 Å². The number of aromatic nitrogens is 4. The van der Waals surface area contributed by atoms with Crippen LogP contribution in [-0.2, 0) is 6.42 Å². The Kier molecular flexibility index (Phi) is 2.22. The van der Waals surface area contributed by atoms with E-state index in [4.69, 9.17) is 0 Å². The largest absolute Gasteiger partial charge is 0.265 e. The first kappa shape index (κ1) is 7.79. The van der Waals surface area contributed by atoms with Gasteiger partial charge in [0.1, 0.15) is 0 Å². The summed E-state index contributed by atoms with van der Waals surface area (Å²) in [6.45, 7) is 0. The van der Waals surface area contributed by atoms with Crippen molar-refractivity contribution in [1.29, 1.82) is 0 Å². The fourth-order valence-electron chi connectivity index (χ4n) is 1.09. The Morgan fingerprint density at radius 1 is 0.923 bits per heavy atom. The summed E-state index contributed by atoms with van der Waals surface area (Å²) < 4.78 is 0. The van der Waals surface area contributed by atoms with Gasteiger partial charge in [0.25, 0.3) is 0 Å². The molecule has 0 aliphatic heterocycles. The predicted molar refractivity (Wildman–Crippen MR) is 46.9 cm³/mol. The summed E-state index contributed by atoms with van der Waals surface area (Å²) in [5.74, 6) is 0. The first-order valence-electron chi connectivity index (χ1n) is 3.96. The van der Waals surface area contributed by atoms with Crippen LogP contribution in [0, 0.1) is 0 Å². The molecule has 0 N–H and O–H groups in total. The zero-order valence-corrected chi connectivity index (χ0v) is 6.96. The molecule has 0 atom stereocenters. The van der Waals surface area contributed by atoms with Crippen LogP contribution < -0.4 is 0 Å². The average molecular weight is 172 g/mol. The molecule has 4 nitrogen and oxygen atoms in total. The molecule has 0 spiro atoms. The van der Waals surface area contributed by atoms with Gasteiger partial charge in [-0.1, -0.05) is 0 Å². The van der Waals surface area contributed by atoms with E-state index in [9.17, 15) is 0 Å². The van der Waals surface area contributed by atoms with Crippen LogP contribution in [0.4, 0.5) is 0 Å². The van der Waals surface area contributed by atoms with Gasteiger partial charge in [-0.05, 0) is 28.5 Å². The van der Waals surface area contributed by atoms with Gasteiger partial charge >= 0.3 is 0 Å². The van der Waals surface area contributed by atoms with Gasteiger partial charge < -0.3 is 0 Å². The minimum Gasteiger partial charge on any atom is -0.265 e. The van der Waals surface area contributed by atoms with Gasteiger partial charge in [0.15, 0.2) is 0 Å². The van der Waals surface area contributed by atoms with E-state index in [0.29, 0.717) is 0 Å². The van der Waals surface area contributed by atoms with Crippen molar-refractivity contribution in [3.8, 4) is 0 Å². The van der Waals surface area contributed by atoms with Crippen molar-refractivity contribution in [2.45, 2.75) is 6.42 Å². The third-order valence-corrected chi connectivity index (χ3v) is 1.71. The summed E-state index contributed by atoms with van der Waals surface area (Å²) in [6, 6.07) is 3.95. The molecule has 0 aliphatic rings. The quantitative estimate of drug-likeness (QED) is 0.674. The highest BCUT2D eigenvalue weighted by Crippen LogP contribution is 2.04. The molecule has 4 heteroatoms. The summed E-state index contributed by atoms with van der Waals surface area (Å²) in [6.07, 6.45) is 7.81. The van der Waals surface area contributed by atoms with E-state index < -0.39 is 0 Å². The molecule has 2 heterocycles. The van der Waals surface area contributed by atoms with E-state index in [-0.39, 0.29) is 0 Å². The molecule has 2 aromatic heterocycles. The number of hydrogen-bond donors (Lipinski definition) is 0. The summed E-state index contributed by atoms with van der Waals surface area (Å²) in [5, 5.41) is 10.9. The van der Waals surface area contributed by atoms with Gasteiger partial charge in [-0.15, -0.1) is 10.2 Å². The third-order valence-electron chi connectivity index (χ3n) is 1.71. The van der Waals surface area contributed by atoms with E-state index in [0.717, 1.165) is 12.0 Å². The molecule has 0 aliphatic carbocycles. The Bertz CT molecular complexity index is 322. The van der Waals surface area contributed by atoms with Gasteiger partial charge in [-0.3, -0.25) is 4.98 Å². The SMILES string of the molecule is c1cc(Cc2cnnnc2)ccn1. The van der Waals surface area contributed by atoms with Crippen molar-refractivity contribution in [2.24, 2.45) is 0 Å². The maximum absolute atomic E-state index is 3.94. The lowest BCUT2D eigenvalue weighted by atomic mass is 10.1. The zero-order valence-electron chi connectivity index (χ0n) is 6.96. The predicted octanol–water partition coefficient (Wildman–Crippen LogP) is 0.857. The molecule has 0 radical (unpaired) electrons. The maximum atomic E-state index is 3.94. The Morgan fingerprint density at radius 2 is 1.62 bits per heavy atom. The van der Waals surface area contributed by atoms with E-state index in [1.54, 1.807) is 24.8 Å². The molecule has 2 rings (SSSR count). The fraction of sp³-hybridized carbons (Fsp3) is 0.111. The standard InChI is InChI=1S/C9H8N4/c1-3-10-4-2-8(1)5-9-6-11-13-12-7-9/h1-4,6-7H,5H2. The van der Waals surface area contributed by atoms with Crippen molar-refractivity contribution in [3.05, 3.63) is 48.0 Å². The van der Waals surface area contributed by atoms with Gasteiger partial charge in [0.2, 0.25) is 0 Å². The molecule has 13 heavy (non-hydrogen) atoms. The molecular formula is C9H8N4. The van der Waals surface area contributed by atoms with Crippen LogP contribution in [0.15, 0.2) is 36.9 Å². The molecule has 0 aromatic carbocycles. The second-order valence-corrected chi connectivity index (χ2v) is 2.69. The topological polar surface area (TPSA) is 51.6 Å². The zero-order chi connectivity index (χ0) is 8.93. The van der Waals surface area contributed by atoms with Crippen LogP contribution in [0.25, 0.3) is 0 Å². The van der Waals surface area contributed by atoms with Crippen LogP contribution in [0.3, 0.4) is 0 Å². The molecule has 0 amide bonds. The normalized spacial score (nSPS) is 9.85. The van der Waals surface area contributed by atoms with Crippen LogP contribution in [-0.4, -0.2) is 20.4 Å². The fourth-order valence-corrected chi connectivity index (χ4v) is 1.09. The Hall–Kier alpha value is -1.84. The molecule has 0 saturated carbocycles. The number of rotatable bonds is 2. The van der Waals surface area contributed by atoms with Crippen LogP contribution >= 0.6 is 0 Å². The summed E-state index contributed by atoms with van der Waals surface area (Å²) in [7, 11) is 0. The average Bonchev–Trinajstić information content (AvgIpc) is 2.21. The lowest BCUT2D eigenvalue weighted by Crippen LogP contribution is -1.92. The van der Waals surface area contributed by atoms with Gasteiger partial charge in [0, 0.05) is 18.8 Å². The lowest BCUT2D eigenvalue weighted by Gasteiger charge is -1.97. The van der Waals surface area contributed by atoms with Crippen LogP contribution in [0.1, 0.15) is 11.1 Å². The van der Waals surface area contributed by atoms with Crippen molar-refractivity contribution in [3.63, 3.8) is 0 Å². The van der Waals surface area contributed by atoms with Crippen molar-refractivity contribution < 1.29 is 0 Å². The first-order chi connectivity index (χ1) is 6.45. The minimum atomic E-state index is 0.824. The maximum Gasteiger partial charge on any atom is 0.0565 e. The monoisotopic (exact) mass is 172 g/mol.